The summed E-state index contributed by atoms with van der Waals surface area (Å²) in [7, 11) is 0. The van der Waals surface area contributed by atoms with Crippen molar-refractivity contribution < 1.29 is 31.4 Å². The van der Waals surface area contributed by atoms with Crippen LogP contribution >= 0.6 is 0 Å². The zero-order valence-electron chi connectivity index (χ0n) is 10.8. The van der Waals surface area contributed by atoms with Crippen LogP contribution in [0.2, 0.25) is 0 Å². The predicted octanol–water partition coefficient (Wildman–Crippen LogP) is 4.28. The number of hydrogen-bond donors (Lipinski definition) is 1. The molecule has 0 radical (unpaired) electrons. The maximum absolute atomic E-state index is 13.0. The van der Waals surface area contributed by atoms with Gasteiger partial charge >= 0.3 is 12.4 Å². The summed E-state index contributed by atoms with van der Waals surface area (Å²) in [6, 6.07) is 4.61. The van der Waals surface area contributed by atoms with Crippen molar-refractivity contribution in [3.8, 4) is 11.1 Å². The summed E-state index contributed by atoms with van der Waals surface area (Å²) in [5, 5.41) is 9.18. The van der Waals surface area contributed by atoms with Gasteiger partial charge in [-0.25, -0.2) is 0 Å². The van der Waals surface area contributed by atoms with Crippen LogP contribution in [-0.4, -0.2) is 10.1 Å². The topological polar surface area (TPSA) is 33.1 Å². The predicted molar refractivity (Wildman–Crippen MR) is 65.6 cm³/mol. The third-order valence-corrected chi connectivity index (χ3v) is 2.95. The molecule has 1 aromatic carbocycles. The van der Waals surface area contributed by atoms with Crippen LogP contribution in [0.3, 0.4) is 0 Å². The highest BCUT2D eigenvalue weighted by atomic mass is 19.4. The number of hydrogen-bond acceptors (Lipinski definition) is 2. The molecule has 0 atom stereocenters. The Bertz CT molecular complexity index is 678. The number of halogens is 6. The van der Waals surface area contributed by atoms with E-state index in [1.54, 1.807) is 0 Å². The van der Waals surface area contributed by atoms with Gasteiger partial charge in [0.2, 0.25) is 0 Å². The van der Waals surface area contributed by atoms with Gasteiger partial charge < -0.3 is 5.11 Å². The highest BCUT2D eigenvalue weighted by Gasteiger charge is 2.37. The number of aliphatic hydroxyl groups is 1. The fraction of sp³-hybridized carbons (Fsp3) is 0.214. The number of aliphatic hydroxyl groups excluding tert-OH is 1. The largest absolute Gasteiger partial charge is 0.433 e. The molecule has 2 rings (SSSR count). The van der Waals surface area contributed by atoms with Crippen molar-refractivity contribution in [2.24, 2.45) is 0 Å². The molecule has 0 saturated carbocycles. The van der Waals surface area contributed by atoms with Crippen LogP contribution in [0.25, 0.3) is 11.1 Å². The second-order valence-corrected chi connectivity index (χ2v) is 4.43. The molecule has 0 aliphatic heterocycles. The fourth-order valence-corrected chi connectivity index (χ4v) is 2.02. The Kier molecular flexibility index (Phi) is 4.15. The van der Waals surface area contributed by atoms with E-state index in [-0.39, 0.29) is 11.1 Å². The first-order valence-electron chi connectivity index (χ1n) is 5.98. The summed E-state index contributed by atoms with van der Waals surface area (Å²) >= 11 is 0. The molecule has 0 spiro atoms. The van der Waals surface area contributed by atoms with Gasteiger partial charge in [0.15, 0.2) is 5.69 Å². The smallest absolute Gasteiger partial charge is 0.392 e. The highest BCUT2D eigenvalue weighted by Crippen LogP contribution is 2.39. The lowest BCUT2D eigenvalue weighted by atomic mass is 9.96. The van der Waals surface area contributed by atoms with Gasteiger partial charge in [-0.1, -0.05) is 12.1 Å². The molecule has 2 nitrogen and oxygen atoms in total. The zero-order chi connectivity index (χ0) is 16.5. The second kappa shape index (κ2) is 5.60. The highest BCUT2D eigenvalue weighted by molar-refractivity contribution is 5.71. The summed E-state index contributed by atoms with van der Waals surface area (Å²) in [5.74, 6) is 0. The fourth-order valence-electron chi connectivity index (χ4n) is 2.02. The van der Waals surface area contributed by atoms with Crippen LogP contribution in [0, 0.1) is 0 Å². The van der Waals surface area contributed by atoms with E-state index in [0.717, 1.165) is 30.5 Å². The van der Waals surface area contributed by atoms with Crippen molar-refractivity contribution in [3.63, 3.8) is 0 Å². The molecule has 118 valence electrons. The molecule has 0 amide bonds. The number of alkyl halides is 6. The molecular formula is C14H9F6NO. The van der Waals surface area contributed by atoms with Crippen molar-refractivity contribution in [2.45, 2.75) is 19.0 Å². The van der Waals surface area contributed by atoms with E-state index in [9.17, 15) is 31.4 Å². The average Bonchev–Trinajstić information content (AvgIpc) is 2.44. The average molecular weight is 321 g/mol. The quantitative estimate of drug-likeness (QED) is 0.838. The number of nitrogens with zero attached hydrogens (tertiary/aromatic N) is 1. The Balaban J connectivity index is 2.71. The summed E-state index contributed by atoms with van der Waals surface area (Å²) in [6.45, 7) is -0.753. The molecule has 1 N–H and O–H groups in total. The number of pyridine rings is 1. The first-order chi connectivity index (χ1) is 10.1. The second-order valence-electron chi connectivity index (χ2n) is 4.43. The van der Waals surface area contributed by atoms with Crippen LogP contribution in [0.4, 0.5) is 26.3 Å². The van der Waals surface area contributed by atoms with Crippen molar-refractivity contribution in [1.29, 1.82) is 0 Å². The molecule has 2 aromatic rings. The van der Waals surface area contributed by atoms with E-state index in [1.165, 1.54) is 0 Å². The zero-order valence-corrected chi connectivity index (χ0v) is 10.8. The van der Waals surface area contributed by atoms with E-state index >= 15 is 0 Å². The Labute approximate surface area is 121 Å². The van der Waals surface area contributed by atoms with Crippen molar-refractivity contribution in [1.82, 2.24) is 4.98 Å². The summed E-state index contributed by atoms with van der Waals surface area (Å²) < 4.78 is 77.2. The molecule has 0 bridgehead atoms. The van der Waals surface area contributed by atoms with Crippen LogP contribution < -0.4 is 0 Å². The van der Waals surface area contributed by atoms with Crippen LogP contribution in [-0.2, 0) is 19.0 Å². The molecule has 22 heavy (non-hydrogen) atoms. The van der Waals surface area contributed by atoms with E-state index in [4.69, 9.17) is 0 Å². The van der Waals surface area contributed by atoms with Crippen LogP contribution in [0.5, 0.6) is 0 Å². The maximum Gasteiger partial charge on any atom is 0.433 e. The lowest BCUT2D eigenvalue weighted by Crippen LogP contribution is -2.12. The Morgan fingerprint density at radius 3 is 2.18 bits per heavy atom. The molecule has 0 fully saturated rings. The number of benzene rings is 1. The summed E-state index contributed by atoms with van der Waals surface area (Å²) in [5.41, 5.74) is -3.42. The molecule has 0 aliphatic rings. The van der Waals surface area contributed by atoms with Gasteiger partial charge in [0.25, 0.3) is 0 Å². The minimum atomic E-state index is -4.85. The van der Waals surface area contributed by atoms with Gasteiger partial charge in [-0.05, 0) is 29.3 Å². The Morgan fingerprint density at radius 1 is 0.955 bits per heavy atom. The van der Waals surface area contributed by atoms with Gasteiger partial charge in [-0.3, -0.25) is 4.98 Å². The SMILES string of the molecule is OCc1ccnc(C(F)(F)F)c1-c1cccc(C(F)(F)F)c1. The van der Waals surface area contributed by atoms with Gasteiger partial charge in [0.05, 0.1) is 12.2 Å². The first kappa shape index (κ1) is 16.3. The lowest BCUT2D eigenvalue weighted by Gasteiger charge is -2.16. The summed E-state index contributed by atoms with van der Waals surface area (Å²) in [4.78, 5) is 3.21. The molecular weight excluding hydrogens is 312 g/mol. The minimum absolute atomic E-state index is 0.151. The Hall–Kier alpha value is -2.09. The van der Waals surface area contributed by atoms with Gasteiger partial charge in [-0.15, -0.1) is 0 Å². The van der Waals surface area contributed by atoms with Crippen LogP contribution in [0.1, 0.15) is 16.8 Å². The van der Waals surface area contributed by atoms with E-state index in [0.29, 0.717) is 6.07 Å². The maximum atomic E-state index is 13.0. The summed E-state index contributed by atoms with van der Waals surface area (Å²) in [6.07, 6.45) is -8.68. The number of aromatic nitrogens is 1. The normalized spacial score (nSPS) is 12.5. The van der Waals surface area contributed by atoms with Gasteiger partial charge in [0.1, 0.15) is 0 Å². The van der Waals surface area contributed by atoms with Crippen LogP contribution in [0.15, 0.2) is 36.5 Å². The van der Waals surface area contributed by atoms with E-state index in [2.05, 4.69) is 4.98 Å². The van der Waals surface area contributed by atoms with E-state index < -0.39 is 35.8 Å². The molecule has 0 unspecified atom stereocenters. The standard InChI is InChI=1S/C14H9F6NO/c15-13(16,17)10-3-1-2-8(6-10)11-9(7-22)4-5-21-12(11)14(18,19)20/h1-6,22H,7H2. The van der Waals surface area contributed by atoms with Crippen molar-refractivity contribution >= 4 is 0 Å². The third-order valence-electron chi connectivity index (χ3n) is 2.95. The van der Waals surface area contributed by atoms with Gasteiger partial charge in [-0.2, -0.15) is 26.3 Å². The van der Waals surface area contributed by atoms with Gasteiger partial charge in [0, 0.05) is 11.8 Å². The Morgan fingerprint density at radius 2 is 1.64 bits per heavy atom. The lowest BCUT2D eigenvalue weighted by molar-refractivity contribution is -0.140. The third kappa shape index (κ3) is 3.22. The first-order valence-corrected chi connectivity index (χ1v) is 5.98. The van der Waals surface area contributed by atoms with Crippen molar-refractivity contribution in [3.05, 3.63) is 53.3 Å². The molecule has 1 aromatic heterocycles. The minimum Gasteiger partial charge on any atom is -0.392 e. The molecule has 8 heteroatoms. The molecule has 0 aliphatic carbocycles. The van der Waals surface area contributed by atoms with Crippen molar-refractivity contribution in [2.75, 3.05) is 0 Å². The number of rotatable bonds is 2. The molecule has 0 saturated heterocycles. The van der Waals surface area contributed by atoms with E-state index in [1.807, 2.05) is 0 Å². The monoisotopic (exact) mass is 321 g/mol. The molecule has 1 heterocycles.